The first kappa shape index (κ1) is 12.9. The average Bonchev–Trinajstić information content (AvgIpc) is 2.38. The molecule has 0 fully saturated rings. The Bertz CT molecular complexity index is 596. The highest BCUT2D eigenvalue weighted by Crippen LogP contribution is 2.25. The summed E-state index contributed by atoms with van der Waals surface area (Å²) in [6.07, 6.45) is 4.24. The van der Waals surface area contributed by atoms with Gasteiger partial charge >= 0.3 is 0 Å². The highest BCUT2D eigenvalue weighted by atomic mass is 32.2. The van der Waals surface area contributed by atoms with Crippen LogP contribution in [0, 0.1) is 6.92 Å². The Kier molecular flexibility index (Phi) is 3.87. The molecule has 1 atom stereocenters. The Morgan fingerprint density at radius 1 is 1.28 bits per heavy atom. The molecule has 2 aromatic rings. The van der Waals surface area contributed by atoms with E-state index < -0.39 is 10.8 Å². The zero-order valence-electron chi connectivity index (χ0n) is 10.8. The highest BCUT2D eigenvalue weighted by Gasteiger charge is 2.11. The van der Waals surface area contributed by atoms with Gasteiger partial charge < -0.3 is 0 Å². The van der Waals surface area contributed by atoms with Crippen molar-refractivity contribution in [3.05, 3.63) is 41.6 Å². The van der Waals surface area contributed by atoms with Crippen LogP contribution in [-0.2, 0) is 17.2 Å². The van der Waals surface area contributed by atoms with E-state index in [0.29, 0.717) is 5.16 Å². The number of benzene rings is 1. The predicted octanol–water partition coefficient (Wildman–Crippen LogP) is 2.75. The third-order valence-electron chi connectivity index (χ3n) is 2.88. The number of hydrogen-bond acceptors (Lipinski definition) is 3. The Balaban J connectivity index is 2.64. The van der Waals surface area contributed by atoms with E-state index in [0.717, 1.165) is 23.2 Å². The lowest BCUT2D eigenvalue weighted by Gasteiger charge is -2.10. The van der Waals surface area contributed by atoms with Crippen molar-refractivity contribution in [2.24, 2.45) is 0 Å². The van der Waals surface area contributed by atoms with E-state index in [1.807, 2.05) is 18.2 Å². The number of hydrogen-bond donors (Lipinski definition) is 0. The van der Waals surface area contributed by atoms with Crippen molar-refractivity contribution in [3.63, 3.8) is 0 Å². The van der Waals surface area contributed by atoms with Crippen molar-refractivity contribution in [3.8, 4) is 11.3 Å². The van der Waals surface area contributed by atoms with Crippen LogP contribution >= 0.6 is 0 Å². The van der Waals surface area contributed by atoms with Gasteiger partial charge in [0.1, 0.15) is 0 Å². The van der Waals surface area contributed by atoms with Crippen LogP contribution in [0.1, 0.15) is 18.1 Å². The molecule has 4 heteroatoms. The third kappa shape index (κ3) is 2.48. The molecule has 0 spiro atoms. The molecule has 1 aromatic carbocycles. The van der Waals surface area contributed by atoms with E-state index in [-0.39, 0.29) is 0 Å². The highest BCUT2D eigenvalue weighted by molar-refractivity contribution is 7.84. The van der Waals surface area contributed by atoms with Crippen LogP contribution in [0.5, 0.6) is 0 Å². The van der Waals surface area contributed by atoms with Crippen molar-refractivity contribution >= 4 is 10.8 Å². The molecule has 0 aliphatic rings. The summed E-state index contributed by atoms with van der Waals surface area (Å²) in [6, 6.07) is 8.09. The molecule has 0 bridgehead atoms. The molecule has 0 saturated carbocycles. The largest absolute Gasteiger partial charge is 0.251 e. The van der Waals surface area contributed by atoms with E-state index >= 15 is 0 Å². The van der Waals surface area contributed by atoms with Crippen LogP contribution in [0.4, 0.5) is 0 Å². The fourth-order valence-corrected chi connectivity index (χ4v) is 2.28. The molecule has 0 N–H and O–H groups in total. The van der Waals surface area contributed by atoms with Gasteiger partial charge in [-0.25, -0.2) is 9.97 Å². The molecular formula is C14H16N2OS. The SMILES string of the molecule is CCc1cnc(S(C)=O)nc1-c1ccccc1C. The zero-order valence-corrected chi connectivity index (χ0v) is 11.6. The van der Waals surface area contributed by atoms with Gasteiger partial charge in [0.2, 0.25) is 5.16 Å². The fraction of sp³-hybridized carbons (Fsp3) is 0.286. The van der Waals surface area contributed by atoms with Crippen molar-refractivity contribution in [1.82, 2.24) is 9.97 Å². The topological polar surface area (TPSA) is 42.9 Å². The van der Waals surface area contributed by atoms with E-state index in [1.54, 1.807) is 12.5 Å². The molecule has 0 amide bonds. The summed E-state index contributed by atoms with van der Waals surface area (Å²) in [7, 11) is -1.15. The summed E-state index contributed by atoms with van der Waals surface area (Å²) in [5, 5.41) is 0.394. The second kappa shape index (κ2) is 5.40. The van der Waals surface area contributed by atoms with E-state index in [9.17, 15) is 4.21 Å². The van der Waals surface area contributed by atoms with Gasteiger partial charge in [-0.2, -0.15) is 0 Å². The average molecular weight is 260 g/mol. The zero-order chi connectivity index (χ0) is 13.1. The van der Waals surface area contributed by atoms with E-state index in [4.69, 9.17) is 0 Å². The molecule has 0 aliphatic carbocycles. The quantitative estimate of drug-likeness (QED) is 0.797. The maximum absolute atomic E-state index is 11.5. The van der Waals surface area contributed by atoms with Gasteiger partial charge in [-0.3, -0.25) is 4.21 Å². The third-order valence-corrected chi connectivity index (χ3v) is 3.59. The van der Waals surface area contributed by atoms with Crippen LogP contribution in [0.25, 0.3) is 11.3 Å². The summed E-state index contributed by atoms with van der Waals surface area (Å²) < 4.78 is 11.5. The molecule has 1 unspecified atom stereocenters. The van der Waals surface area contributed by atoms with E-state index in [2.05, 4.69) is 29.9 Å². The van der Waals surface area contributed by atoms with E-state index in [1.165, 1.54) is 5.56 Å². The smallest absolute Gasteiger partial charge is 0.218 e. The Labute approximate surface area is 110 Å². The first-order valence-electron chi connectivity index (χ1n) is 5.88. The van der Waals surface area contributed by atoms with Crippen molar-refractivity contribution in [2.75, 3.05) is 6.26 Å². The maximum Gasteiger partial charge on any atom is 0.218 e. The molecule has 3 nitrogen and oxygen atoms in total. The molecule has 18 heavy (non-hydrogen) atoms. The Hall–Kier alpha value is -1.55. The summed E-state index contributed by atoms with van der Waals surface area (Å²) in [5.41, 5.74) is 4.23. The summed E-state index contributed by atoms with van der Waals surface area (Å²) >= 11 is 0. The summed E-state index contributed by atoms with van der Waals surface area (Å²) in [4.78, 5) is 8.62. The molecule has 0 aliphatic heterocycles. The van der Waals surface area contributed by atoms with Crippen LogP contribution in [0.15, 0.2) is 35.6 Å². The lowest BCUT2D eigenvalue weighted by Crippen LogP contribution is -2.02. The number of aryl methyl sites for hydroxylation is 2. The van der Waals surface area contributed by atoms with Gasteiger partial charge in [0.05, 0.1) is 16.5 Å². The van der Waals surface area contributed by atoms with Crippen molar-refractivity contribution in [1.29, 1.82) is 0 Å². The van der Waals surface area contributed by atoms with Gasteiger partial charge in [0, 0.05) is 18.0 Å². The minimum atomic E-state index is -1.15. The molecule has 94 valence electrons. The second-order valence-electron chi connectivity index (χ2n) is 4.15. The number of nitrogens with zero attached hydrogens (tertiary/aromatic N) is 2. The Morgan fingerprint density at radius 2 is 2.00 bits per heavy atom. The van der Waals surface area contributed by atoms with Crippen LogP contribution < -0.4 is 0 Å². The van der Waals surface area contributed by atoms with Crippen molar-refractivity contribution < 1.29 is 4.21 Å². The molecule has 0 radical (unpaired) electrons. The normalized spacial score (nSPS) is 12.4. The molecule has 1 heterocycles. The lowest BCUT2D eigenvalue weighted by molar-refractivity contribution is 0.679. The first-order valence-corrected chi connectivity index (χ1v) is 7.44. The Morgan fingerprint density at radius 3 is 2.61 bits per heavy atom. The summed E-state index contributed by atoms with van der Waals surface area (Å²) in [5.74, 6) is 0. The van der Waals surface area contributed by atoms with Crippen LogP contribution in [-0.4, -0.2) is 20.4 Å². The number of aromatic nitrogens is 2. The second-order valence-corrected chi connectivity index (χ2v) is 5.42. The standard InChI is InChI=1S/C14H16N2OS/c1-4-11-9-15-14(18(3)17)16-13(11)12-8-6-5-7-10(12)2/h5-9H,4H2,1-3H3. The summed E-state index contributed by atoms with van der Waals surface area (Å²) in [6.45, 7) is 4.13. The fourth-order valence-electron chi connectivity index (χ4n) is 1.86. The molecule has 2 rings (SSSR count). The van der Waals surface area contributed by atoms with Crippen LogP contribution in [0.2, 0.25) is 0 Å². The lowest BCUT2D eigenvalue weighted by atomic mass is 10.0. The maximum atomic E-state index is 11.5. The van der Waals surface area contributed by atoms with Gasteiger partial charge in [-0.1, -0.05) is 31.2 Å². The van der Waals surface area contributed by atoms with Gasteiger partial charge in [0.25, 0.3) is 0 Å². The van der Waals surface area contributed by atoms with Crippen molar-refractivity contribution in [2.45, 2.75) is 25.4 Å². The van der Waals surface area contributed by atoms with Crippen LogP contribution in [0.3, 0.4) is 0 Å². The first-order chi connectivity index (χ1) is 8.63. The minimum Gasteiger partial charge on any atom is -0.251 e. The van der Waals surface area contributed by atoms with Gasteiger partial charge in [-0.15, -0.1) is 0 Å². The molecule has 1 aromatic heterocycles. The molecule has 0 saturated heterocycles. The van der Waals surface area contributed by atoms with Gasteiger partial charge in [0.15, 0.2) is 0 Å². The monoisotopic (exact) mass is 260 g/mol. The van der Waals surface area contributed by atoms with Gasteiger partial charge in [-0.05, 0) is 24.5 Å². The molecular weight excluding hydrogens is 244 g/mol. The number of rotatable bonds is 3. The minimum absolute atomic E-state index is 0.394. The predicted molar refractivity (Wildman–Crippen MR) is 73.9 cm³/mol.